The number of rotatable bonds is 9. The normalized spacial score (nSPS) is 11.0. The molecule has 0 fully saturated rings. The Morgan fingerprint density at radius 3 is 2.76 bits per heavy atom. The molecule has 0 saturated carbocycles. The van der Waals surface area contributed by atoms with E-state index in [4.69, 9.17) is 0 Å². The lowest BCUT2D eigenvalue weighted by Gasteiger charge is -2.11. The number of guanidine groups is 1. The number of aliphatic imine (C=N–C) groups is 1. The molecule has 0 aliphatic heterocycles. The molecule has 2 N–H and O–H groups in total. The van der Waals surface area contributed by atoms with Gasteiger partial charge in [0.15, 0.2) is 5.96 Å². The van der Waals surface area contributed by atoms with Crippen LogP contribution in [-0.2, 0) is 12.8 Å². The van der Waals surface area contributed by atoms with Crippen LogP contribution >= 0.6 is 35.3 Å². The van der Waals surface area contributed by atoms with Gasteiger partial charge in [-0.3, -0.25) is 9.98 Å². The van der Waals surface area contributed by atoms with Gasteiger partial charge in [-0.1, -0.05) is 6.07 Å². The maximum absolute atomic E-state index is 4.64. The predicted molar refractivity (Wildman–Crippen MR) is 117 cm³/mol. The fourth-order valence-electron chi connectivity index (χ4n) is 2.29. The molecule has 0 aromatic carbocycles. The molecule has 5 nitrogen and oxygen atoms in total. The average molecular weight is 473 g/mol. The molecule has 25 heavy (non-hydrogen) atoms. The number of pyridine rings is 1. The summed E-state index contributed by atoms with van der Waals surface area (Å²) < 4.78 is 0. The molecule has 0 saturated heterocycles. The average Bonchev–Trinajstić information content (AvgIpc) is 3.01. The molecule has 2 rings (SSSR count). The number of thiazole rings is 1. The summed E-state index contributed by atoms with van der Waals surface area (Å²) >= 11 is 1.75. The van der Waals surface area contributed by atoms with Gasteiger partial charge in [-0.25, -0.2) is 4.98 Å². The van der Waals surface area contributed by atoms with Crippen LogP contribution in [0.1, 0.15) is 36.2 Å². The number of aromatic nitrogens is 2. The van der Waals surface area contributed by atoms with Crippen LogP contribution in [-0.4, -0.2) is 35.6 Å². The third-order valence-electron chi connectivity index (χ3n) is 3.48. The van der Waals surface area contributed by atoms with Crippen LogP contribution < -0.4 is 10.6 Å². The maximum atomic E-state index is 4.64. The molecule has 2 aromatic heterocycles. The zero-order valence-corrected chi connectivity index (χ0v) is 18.1. The lowest BCUT2D eigenvalue weighted by Crippen LogP contribution is -2.38. The highest BCUT2D eigenvalue weighted by molar-refractivity contribution is 14.0. The molecular weight excluding hydrogens is 445 g/mol. The molecule has 0 unspecified atom stereocenters. The summed E-state index contributed by atoms with van der Waals surface area (Å²) in [7, 11) is 0. The second-order valence-corrected chi connectivity index (χ2v) is 6.54. The fourth-order valence-corrected chi connectivity index (χ4v) is 3.11. The topological polar surface area (TPSA) is 62.2 Å². The molecule has 138 valence electrons. The third-order valence-corrected chi connectivity index (χ3v) is 4.51. The van der Waals surface area contributed by atoms with Gasteiger partial charge in [0.2, 0.25) is 0 Å². The Kier molecular flexibility index (Phi) is 11.4. The highest BCUT2D eigenvalue weighted by Gasteiger charge is 2.00. The van der Waals surface area contributed by atoms with Crippen molar-refractivity contribution in [2.45, 2.75) is 39.5 Å². The first-order chi connectivity index (χ1) is 11.8. The molecule has 0 aliphatic carbocycles. The highest BCUT2D eigenvalue weighted by atomic mass is 127. The van der Waals surface area contributed by atoms with Crippen molar-refractivity contribution < 1.29 is 0 Å². The molecule has 2 heterocycles. The van der Waals surface area contributed by atoms with Gasteiger partial charge in [-0.15, -0.1) is 35.3 Å². The van der Waals surface area contributed by atoms with E-state index in [1.165, 1.54) is 5.01 Å². The Hall–Kier alpha value is -1.22. The Labute approximate surface area is 171 Å². The van der Waals surface area contributed by atoms with Crippen molar-refractivity contribution in [1.29, 1.82) is 0 Å². The van der Waals surface area contributed by atoms with E-state index < -0.39 is 0 Å². The van der Waals surface area contributed by atoms with Crippen LogP contribution in [0.25, 0.3) is 0 Å². The molecule has 0 aliphatic rings. The second kappa shape index (κ2) is 13.0. The quantitative estimate of drug-likeness (QED) is 0.253. The van der Waals surface area contributed by atoms with Crippen molar-refractivity contribution in [2.24, 2.45) is 4.99 Å². The van der Waals surface area contributed by atoms with Gasteiger partial charge in [0.25, 0.3) is 0 Å². The first-order valence-electron chi connectivity index (χ1n) is 8.61. The van der Waals surface area contributed by atoms with E-state index in [0.717, 1.165) is 62.7 Å². The zero-order valence-electron chi connectivity index (χ0n) is 15.0. The van der Waals surface area contributed by atoms with Gasteiger partial charge in [-0.05, 0) is 45.2 Å². The van der Waals surface area contributed by atoms with Crippen LogP contribution in [0.3, 0.4) is 0 Å². The minimum absolute atomic E-state index is 0. The summed E-state index contributed by atoms with van der Waals surface area (Å²) in [6, 6.07) is 6.01. The maximum Gasteiger partial charge on any atom is 0.191 e. The Balaban J connectivity index is 0.00000312. The van der Waals surface area contributed by atoms with E-state index >= 15 is 0 Å². The minimum atomic E-state index is 0. The SMILES string of the molecule is CCNC(=NCCCCc1nc(C)cs1)NCCc1ccccn1.I. The van der Waals surface area contributed by atoms with Gasteiger partial charge < -0.3 is 10.6 Å². The number of hydrogen-bond donors (Lipinski definition) is 2. The Morgan fingerprint density at radius 2 is 2.08 bits per heavy atom. The molecular formula is C18H28IN5S. The van der Waals surface area contributed by atoms with E-state index in [9.17, 15) is 0 Å². The first kappa shape index (κ1) is 21.8. The molecule has 0 radical (unpaired) electrons. The molecule has 7 heteroatoms. The van der Waals surface area contributed by atoms with Crippen LogP contribution in [0.5, 0.6) is 0 Å². The van der Waals surface area contributed by atoms with E-state index in [1.807, 2.05) is 31.3 Å². The summed E-state index contributed by atoms with van der Waals surface area (Å²) in [5.41, 5.74) is 2.22. The van der Waals surface area contributed by atoms with Crippen molar-refractivity contribution in [3.63, 3.8) is 0 Å². The second-order valence-electron chi connectivity index (χ2n) is 5.60. The summed E-state index contributed by atoms with van der Waals surface area (Å²) in [6.45, 7) is 6.67. The molecule has 0 bridgehead atoms. The van der Waals surface area contributed by atoms with E-state index in [2.05, 4.69) is 37.9 Å². The highest BCUT2D eigenvalue weighted by Crippen LogP contribution is 2.11. The number of unbranched alkanes of at least 4 members (excludes halogenated alkanes) is 1. The third kappa shape index (κ3) is 9.15. The summed E-state index contributed by atoms with van der Waals surface area (Å²) in [6.07, 6.45) is 5.99. The Bertz CT molecular complexity index is 615. The number of nitrogens with one attached hydrogen (secondary N) is 2. The number of halogens is 1. The monoisotopic (exact) mass is 473 g/mol. The van der Waals surface area contributed by atoms with Crippen LogP contribution in [0, 0.1) is 6.92 Å². The first-order valence-corrected chi connectivity index (χ1v) is 9.49. The summed E-state index contributed by atoms with van der Waals surface area (Å²) in [4.78, 5) is 13.5. The van der Waals surface area contributed by atoms with E-state index in [-0.39, 0.29) is 24.0 Å². The van der Waals surface area contributed by atoms with Gasteiger partial charge in [0.05, 0.1) is 5.01 Å². The van der Waals surface area contributed by atoms with Crippen LogP contribution in [0.15, 0.2) is 34.8 Å². The van der Waals surface area contributed by atoms with Crippen molar-refractivity contribution in [2.75, 3.05) is 19.6 Å². The standard InChI is InChI=1S/C18H27N5S.HI/c1-3-19-18(22-13-10-16-8-4-6-11-20-16)21-12-7-5-9-17-23-15(2)14-24-17;/h4,6,8,11,14H,3,5,7,9-10,12-13H2,1-2H3,(H2,19,21,22);1H. The number of hydrogen-bond acceptors (Lipinski definition) is 4. The fraction of sp³-hybridized carbons (Fsp3) is 0.500. The van der Waals surface area contributed by atoms with E-state index in [0.29, 0.717) is 0 Å². The van der Waals surface area contributed by atoms with Crippen LogP contribution in [0.4, 0.5) is 0 Å². The van der Waals surface area contributed by atoms with Gasteiger partial charge in [-0.2, -0.15) is 0 Å². The van der Waals surface area contributed by atoms with Crippen molar-refractivity contribution in [3.8, 4) is 0 Å². The smallest absolute Gasteiger partial charge is 0.191 e. The lowest BCUT2D eigenvalue weighted by atomic mass is 10.2. The van der Waals surface area contributed by atoms with Crippen molar-refractivity contribution >= 4 is 41.3 Å². The van der Waals surface area contributed by atoms with Crippen LogP contribution in [0.2, 0.25) is 0 Å². The predicted octanol–water partition coefficient (Wildman–Crippen LogP) is 3.59. The van der Waals surface area contributed by atoms with Gasteiger partial charge >= 0.3 is 0 Å². The molecule has 0 atom stereocenters. The van der Waals surface area contributed by atoms with Crippen molar-refractivity contribution in [3.05, 3.63) is 46.2 Å². The molecule has 0 spiro atoms. The minimum Gasteiger partial charge on any atom is -0.357 e. The van der Waals surface area contributed by atoms with E-state index in [1.54, 1.807) is 11.3 Å². The summed E-state index contributed by atoms with van der Waals surface area (Å²) in [5, 5.41) is 10.0. The molecule has 0 amide bonds. The summed E-state index contributed by atoms with van der Waals surface area (Å²) in [5.74, 6) is 0.888. The van der Waals surface area contributed by atoms with Crippen molar-refractivity contribution in [1.82, 2.24) is 20.6 Å². The number of aryl methyl sites for hydroxylation is 2. The Morgan fingerprint density at radius 1 is 1.20 bits per heavy atom. The van der Waals surface area contributed by atoms with Gasteiger partial charge in [0.1, 0.15) is 0 Å². The number of nitrogens with zero attached hydrogens (tertiary/aromatic N) is 3. The lowest BCUT2D eigenvalue weighted by molar-refractivity contribution is 0.726. The molecule has 2 aromatic rings. The zero-order chi connectivity index (χ0) is 17.0. The largest absolute Gasteiger partial charge is 0.357 e. The van der Waals surface area contributed by atoms with Gasteiger partial charge in [0, 0.05) is 49.0 Å².